The van der Waals surface area contributed by atoms with Gasteiger partial charge in [0.25, 0.3) is 5.91 Å². The number of hydrogen-bond donors (Lipinski definition) is 2. The fourth-order valence-corrected chi connectivity index (χ4v) is 3.31. The van der Waals surface area contributed by atoms with Crippen molar-refractivity contribution in [3.8, 4) is 11.5 Å². The molecule has 1 aliphatic rings. The third-order valence-electron chi connectivity index (χ3n) is 3.86. The van der Waals surface area contributed by atoms with E-state index in [1.54, 1.807) is 24.3 Å². The molecule has 12 heteroatoms. The van der Waals surface area contributed by atoms with Crippen LogP contribution in [0.4, 0.5) is 5.69 Å². The summed E-state index contributed by atoms with van der Waals surface area (Å²) in [6.07, 6.45) is 0.590. The van der Waals surface area contributed by atoms with Crippen LogP contribution in [0.25, 0.3) is 0 Å². The van der Waals surface area contributed by atoms with Crippen molar-refractivity contribution in [3.63, 3.8) is 0 Å². The first kappa shape index (κ1) is 19.2. The van der Waals surface area contributed by atoms with Crippen LogP contribution in [-0.2, 0) is 17.8 Å². The molecule has 4 rings (SSSR count). The largest absolute Gasteiger partial charge is 0.454 e. The molecular weight excluding hydrogens is 422 g/mol. The lowest BCUT2D eigenvalue weighted by atomic mass is 10.2. The van der Waals surface area contributed by atoms with E-state index in [4.69, 9.17) is 25.6 Å². The molecule has 10 nitrogen and oxygen atoms in total. The Morgan fingerprint density at radius 1 is 1.17 bits per heavy atom. The van der Waals surface area contributed by atoms with Crippen LogP contribution in [0.1, 0.15) is 27.0 Å². The second kappa shape index (κ2) is 8.45. The molecule has 0 aliphatic carbocycles. The van der Waals surface area contributed by atoms with E-state index < -0.39 is 5.91 Å². The lowest BCUT2D eigenvalue weighted by Crippen LogP contribution is -2.22. The molecule has 1 aliphatic heterocycles. The number of nitrogens with zero attached hydrogens (tertiary/aromatic N) is 3. The zero-order valence-corrected chi connectivity index (χ0v) is 16.4. The summed E-state index contributed by atoms with van der Waals surface area (Å²) < 4.78 is 15.5. The number of aromatic nitrogens is 3. The molecule has 0 spiro atoms. The second-order valence-corrected chi connectivity index (χ2v) is 7.37. The third kappa shape index (κ3) is 4.81. The number of carbonyl (C=O) groups is 2. The Labute approximate surface area is 173 Å². The fourth-order valence-electron chi connectivity index (χ4n) is 2.48. The standard InChI is InChI=1S/C17H14ClN5O5S/c18-13-6-10(28-23-13)2-4-14(24)19-7-15-21-22-17(29-15)16(25)20-9-1-3-11-12(5-9)27-8-26-11/h1,3,5-6H,2,4,7-8H2,(H,19,24)(H,20,25). The number of amides is 2. The molecule has 2 N–H and O–H groups in total. The minimum absolute atomic E-state index is 0.157. The molecule has 0 atom stereocenters. The summed E-state index contributed by atoms with van der Waals surface area (Å²) in [5, 5.41) is 17.7. The number of nitrogens with one attached hydrogen (secondary N) is 2. The maximum Gasteiger partial charge on any atom is 0.286 e. The fraction of sp³-hybridized carbons (Fsp3) is 0.235. The van der Waals surface area contributed by atoms with Crippen LogP contribution in [0.2, 0.25) is 5.15 Å². The SMILES string of the molecule is O=C(CCc1cc(Cl)no1)NCc1nnc(C(=O)Nc2ccc3c(c2)OCO3)s1. The molecule has 0 saturated heterocycles. The van der Waals surface area contributed by atoms with E-state index in [0.29, 0.717) is 34.4 Å². The first-order chi connectivity index (χ1) is 14.1. The van der Waals surface area contributed by atoms with Gasteiger partial charge < -0.3 is 24.6 Å². The van der Waals surface area contributed by atoms with Crippen molar-refractivity contribution in [2.45, 2.75) is 19.4 Å². The molecule has 0 unspecified atom stereocenters. The van der Waals surface area contributed by atoms with Crippen molar-refractivity contribution >= 4 is 40.4 Å². The number of fused-ring (bicyclic) bond motifs is 1. The van der Waals surface area contributed by atoms with Crippen LogP contribution in [0.3, 0.4) is 0 Å². The van der Waals surface area contributed by atoms with Crippen molar-refractivity contribution in [1.29, 1.82) is 0 Å². The highest BCUT2D eigenvalue weighted by molar-refractivity contribution is 7.13. The van der Waals surface area contributed by atoms with Crippen LogP contribution in [0.15, 0.2) is 28.8 Å². The summed E-state index contributed by atoms with van der Waals surface area (Å²) in [5.41, 5.74) is 0.553. The minimum atomic E-state index is -0.402. The molecule has 3 aromatic rings. The summed E-state index contributed by atoms with van der Waals surface area (Å²) in [5.74, 6) is 1.13. The number of benzene rings is 1. The third-order valence-corrected chi connectivity index (χ3v) is 4.96. The highest BCUT2D eigenvalue weighted by Gasteiger charge is 2.17. The van der Waals surface area contributed by atoms with Crippen molar-refractivity contribution in [2.75, 3.05) is 12.1 Å². The molecule has 2 amide bonds. The highest BCUT2D eigenvalue weighted by atomic mass is 35.5. The molecule has 150 valence electrons. The number of halogens is 1. The maximum absolute atomic E-state index is 12.3. The van der Waals surface area contributed by atoms with Gasteiger partial charge in [-0.15, -0.1) is 10.2 Å². The van der Waals surface area contributed by atoms with Gasteiger partial charge in [-0.1, -0.05) is 28.1 Å². The van der Waals surface area contributed by atoms with Crippen LogP contribution < -0.4 is 20.1 Å². The topological polar surface area (TPSA) is 128 Å². The zero-order chi connectivity index (χ0) is 20.2. The van der Waals surface area contributed by atoms with Gasteiger partial charge >= 0.3 is 0 Å². The summed E-state index contributed by atoms with van der Waals surface area (Å²) in [4.78, 5) is 24.3. The van der Waals surface area contributed by atoms with Gasteiger partial charge in [-0.05, 0) is 12.1 Å². The second-order valence-electron chi connectivity index (χ2n) is 5.92. The van der Waals surface area contributed by atoms with E-state index in [1.165, 1.54) is 0 Å². The predicted molar refractivity (Wildman–Crippen MR) is 102 cm³/mol. The van der Waals surface area contributed by atoms with E-state index in [1.807, 2.05) is 0 Å². The van der Waals surface area contributed by atoms with Crippen LogP contribution in [0.5, 0.6) is 11.5 Å². The molecule has 3 heterocycles. The molecule has 29 heavy (non-hydrogen) atoms. The van der Waals surface area contributed by atoms with Crippen molar-refractivity contribution in [2.24, 2.45) is 0 Å². The van der Waals surface area contributed by atoms with Gasteiger partial charge in [-0.2, -0.15) is 0 Å². The van der Waals surface area contributed by atoms with E-state index in [0.717, 1.165) is 11.3 Å². The molecule has 0 bridgehead atoms. The van der Waals surface area contributed by atoms with Crippen LogP contribution in [-0.4, -0.2) is 34.0 Å². The van der Waals surface area contributed by atoms with Crippen LogP contribution >= 0.6 is 22.9 Å². The molecule has 1 aromatic carbocycles. The monoisotopic (exact) mass is 435 g/mol. The van der Waals surface area contributed by atoms with Crippen molar-refractivity contribution in [3.05, 3.63) is 45.2 Å². The Morgan fingerprint density at radius 2 is 2.03 bits per heavy atom. The maximum atomic E-state index is 12.3. The number of rotatable bonds is 7. The molecule has 0 saturated carbocycles. The van der Waals surface area contributed by atoms with Gasteiger partial charge in [0.05, 0.1) is 6.54 Å². The average molecular weight is 436 g/mol. The Hall–Kier alpha value is -3.18. The van der Waals surface area contributed by atoms with Crippen LogP contribution in [0, 0.1) is 0 Å². The number of ether oxygens (including phenoxy) is 2. The smallest absolute Gasteiger partial charge is 0.286 e. The summed E-state index contributed by atoms with van der Waals surface area (Å²) in [7, 11) is 0. The minimum Gasteiger partial charge on any atom is -0.454 e. The molecule has 2 aromatic heterocycles. The lowest BCUT2D eigenvalue weighted by Gasteiger charge is -2.03. The van der Waals surface area contributed by atoms with Crippen molar-refractivity contribution < 1.29 is 23.6 Å². The van der Waals surface area contributed by atoms with Gasteiger partial charge in [0, 0.05) is 30.7 Å². The van der Waals surface area contributed by atoms with Gasteiger partial charge in [0.1, 0.15) is 10.8 Å². The van der Waals surface area contributed by atoms with Gasteiger partial charge in [-0.25, -0.2) is 0 Å². The predicted octanol–water partition coefficient (Wildman–Crippen LogP) is 2.41. The first-order valence-electron chi connectivity index (χ1n) is 8.48. The Bertz CT molecular complexity index is 1050. The van der Waals surface area contributed by atoms with Crippen molar-refractivity contribution in [1.82, 2.24) is 20.7 Å². The number of aryl methyl sites for hydroxylation is 1. The summed E-state index contributed by atoms with van der Waals surface area (Å²) in [6, 6.07) is 6.65. The number of hydrogen-bond acceptors (Lipinski definition) is 9. The molecular formula is C17H14ClN5O5S. The summed E-state index contributed by atoms with van der Waals surface area (Å²) in [6.45, 7) is 0.329. The average Bonchev–Trinajstić information content (AvgIpc) is 3.45. The summed E-state index contributed by atoms with van der Waals surface area (Å²) >= 11 is 6.75. The molecule has 0 fully saturated rings. The highest BCUT2D eigenvalue weighted by Crippen LogP contribution is 2.34. The Morgan fingerprint density at radius 3 is 2.86 bits per heavy atom. The zero-order valence-electron chi connectivity index (χ0n) is 14.8. The van der Waals surface area contributed by atoms with Gasteiger partial charge in [-0.3, -0.25) is 9.59 Å². The Balaban J connectivity index is 1.26. The number of anilines is 1. The number of carbonyl (C=O) groups excluding carboxylic acids is 2. The van der Waals surface area contributed by atoms with Gasteiger partial charge in [0.15, 0.2) is 16.7 Å². The quantitative estimate of drug-likeness (QED) is 0.578. The first-order valence-corrected chi connectivity index (χ1v) is 9.67. The van der Waals surface area contributed by atoms with E-state index in [-0.39, 0.29) is 35.8 Å². The van der Waals surface area contributed by atoms with E-state index >= 15 is 0 Å². The van der Waals surface area contributed by atoms with Gasteiger partial charge in [0.2, 0.25) is 17.7 Å². The molecule has 0 radical (unpaired) electrons. The lowest BCUT2D eigenvalue weighted by molar-refractivity contribution is -0.121. The Kier molecular flexibility index (Phi) is 5.58. The normalized spacial score (nSPS) is 12.0. The van der Waals surface area contributed by atoms with E-state index in [9.17, 15) is 9.59 Å². The van der Waals surface area contributed by atoms with E-state index in [2.05, 4.69) is 26.0 Å².